The summed E-state index contributed by atoms with van der Waals surface area (Å²) < 4.78 is 5.71. The molecule has 13 heavy (non-hydrogen) atoms. The molecule has 0 spiro atoms. The first-order valence-electron chi connectivity index (χ1n) is 5.14. The molecule has 3 heteroatoms. The van der Waals surface area contributed by atoms with Gasteiger partial charge in [0.25, 0.3) is 0 Å². The van der Waals surface area contributed by atoms with Gasteiger partial charge in [0.1, 0.15) is 6.79 Å². The Morgan fingerprint density at radius 1 is 0.923 bits per heavy atom. The van der Waals surface area contributed by atoms with E-state index in [2.05, 4.69) is 41.5 Å². The van der Waals surface area contributed by atoms with Gasteiger partial charge in [-0.05, 0) is 16.6 Å². The molecule has 0 unspecified atom stereocenters. The van der Waals surface area contributed by atoms with Crippen molar-refractivity contribution in [3.8, 4) is 0 Å². The maximum atomic E-state index is 8.96. The molecule has 0 aliphatic heterocycles. The van der Waals surface area contributed by atoms with Crippen LogP contribution >= 0.6 is 0 Å². The average molecular weight is 204 g/mol. The van der Waals surface area contributed by atoms with Crippen LogP contribution in [0.3, 0.4) is 0 Å². The van der Waals surface area contributed by atoms with Crippen LogP contribution in [0, 0.1) is 0 Å². The fourth-order valence-corrected chi connectivity index (χ4v) is 7.84. The van der Waals surface area contributed by atoms with Crippen LogP contribution in [0.4, 0.5) is 0 Å². The van der Waals surface area contributed by atoms with E-state index in [4.69, 9.17) is 9.53 Å². The Balaban J connectivity index is 4.82. The molecule has 0 aromatic carbocycles. The largest absolute Gasteiger partial charge is 0.394 e. The Labute approximate surface area is 83.4 Å². The molecule has 0 radical (unpaired) electrons. The number of rotatable bonds is 5. The quantitative estimate of drug-likeness (QED) is 0.551. The highest BCUT2D eigenvalue weighted by molar-refractivity contribution is 6.77. The number of aliphatic hydroxyl groups excluding tert-OH is 1. The van der Waals surface area contributed by atoms with E-state index in [0.29, 0.717) is 16.6 Å². The smallest absolute Gasteiger partial charge is 0.203 e. The summed E-state index contributed by atoms with van der Waals surface area (Å²) in [5, 5.41) is 8.96. The maximum absolute atomic E-state index is 8.96. The van der Waals surface area contributed by atoms with Gasteiger partial charge in [-0.15, -0.1) is 0 Å². The number of hydrogen-bond acceptors (Lipinski definition) is 2. The topological polar surface area (TPSA) is 29.5 Å². The van der Waals surface area contributed by atoms with E-state index >= 15 is 0 Å². The van der Waals surface area contributed by atoms with E-state index in [9.17, 15) is 0 Å². The summed E-state index contributed by atoms with van der Waals surface area (Å²) in [7, 11) is -1.78. The Hall–Kier alpha value is 0.137. The van der Waals surface area contributed by atoms with E-state index in [1.165, 1.54) is 0 Å². The van der Waals surface area contributed by atoms with Crippen LogP contribution in [0.2, 0.25) is 16.6 Å². The Bertz CT molecular complexity index is 122. The van der Waals surface area contributed by atoms with Gasteiger partial charge in [-0.1, -0.05) is 41.5 Å². The van der Waals surface area contributed by atoms with Crippen LogP contribution in [-0.4, -0.2) is 20.2 Å². The normalized spacial score (nSPS) is 13.4. The summed E-state index contributed by atoms with van der Waals surface area (Å²) in [5.74, 6) is 0. The summed E-state index contributed by atoms with van der Waals surface area (Å²) in [5.41, 5.74) is 1.67. The molecule has 0 aliphatic rings. The summed E-state index contributed by atoms with van der Waals surface area (Å²) in [6.45, 7) is 13.1. The van der Waals surface area contributed by atoms with Crippen molar-refractivity contribution in [2.24, 2.45) is 0 Å². The first kappa shape index (κ1) is 13.1. The first-order chi connectivity index (χ1) is 5.89. The number of aliphatic hydroxyl groups is 1. The summed E-state index contributed by atoms with van der Waals surface area (Å²) >= 11 is 0. The van der Waals surface area contributed by atoms with Crippen molar-refractivity contribution in [2.75, 3.05) is 6.79 Å². The molecule has 0 atom stereocenters. The molecule has 0 saturated heterocycles. The first-order valence-corrected chi connectivity index (χ1v) is 7.28. The van der Waals surface area contributed by atoms with Gasteiger partial charge in [-0.25, -0.2) is 0 Å². The zero-order chi connectivity index (χ0) is 10.6. The van der Waals surface area contributed by atoms with Crippen LogP contribution in [0.1, 0.15) is 41.5 Å². The highest BCUT2D eigenvalue weighted by atomic mass is 28.4. The highest BCUT2D eigenvalue weighted by Crippen LogP contribution is 2.41. The van der Waals surface area contributed by atoms with Crippen LogP contribution in [0.25, 0.3) is 0 Å². The third-order valence-corrected chi connectivity index (χ3v) is 9.06. The fraction of sp³-hybridized carbons (Fsp3) is 1.00. The van der Waals surface area contributed by atoms with Crippen molar-refractivity contribution in [2.45, 2.75) is 58.2 Å². The van der Waals surface area contributed by atoms with Crippen molar-refractivity contribution < 1.29 is 9.53 Å². The minimum atomic E-state index is -1.78. The predicted octanol–water partition coefficient (Wildman–Crippen LogP) is 3.13. The number of hydrogen-bond donors (Lipinski definition) is 1. The molecule has 0 aromatic rings. The maximum Gasteiger partial charge on any atom is 0.203 e. The highest BCUT2D eigenvalue weighted by Gasteiger charge is 2.44. The third kappa shape index (κ3) is 2.54. The molecule has 0 rings (SSSR count). The summed E-state index contributed by atoms with van der Waals surface area (Å²) in [4.78, 5) is 0. The molecule has 0 aromatic heterocycles. The molecule has 80 valence electrons. The average Bonchev–Trinajstić information content (AvgIpc) is 1.97. The molecule has 0 saturated carbocycles. The van der Waals surface area contributed by atoms with Crippen molar-refractivity contribution in [1.82, 2.24) is 0 Å². The molecule has 0 aliphatic carbocycles. The minimum Gasteiger partial charge on any atom is -0.394 e. The Morgan fingerprint density at radius 2 is 1.23 bits per heavy atom. The summed E-state index contributed by atoms with van der Waals surface area (Å²) in [6.07, 6.45) is 0. The standard InChI is InChI=1S/C10H24O2Si/c1-8(2)13(9(3)4,10(5)6)12-7-11/h8-11H,7H2,1-6H3. The van der Waals surface area contributed by atoms with E-state index in [0.717, 1.165) is 0 Å². The molecule has 1 N–H and O–H groups in total. The molecular weight excluding hydrogens is 180 g/mol. The molecule has 0 amide bonds. The third-order valence-electron chi connectivity index (χ3n) is 3.02. The lowest BCUT2D eigenvalue weighted by Gasteiger charge is -2.41. The summed E-state index contributed by atoms with van der Waals surface area (Å²) in [6, 6.07) is 0. The molecule has 0 heterocycles. The van der Waals surface area contributed by atoms with Gasteiger partial charge in [0.15, 0.2) is 0 Å². The van der Waals surface area contributed by atoms with Crippen LogP contribution in [-0.2, 0) is 4.43 Å². The van der Waals surface area contributed by atoms with Crippen LogP contribution in [0.5, 0.6) is 0 Å². The predicted molar refractivity (Wildman–Crippen MR) is 59.2 cm³/mol. The van der Waals surface area contributed by atoms with E-state index < -0.39 is 8.32 Å². The van der Waals surface area contributed by atoms with Crippen LogP contribution in [0.15, 0.2) is 0 Å². The zero-order valence-corrected chi connectivity index (χ0v) is 10.8. The lowest BCUT2D eigenvalue weighted by atomic mass is 10.5. The second kappa shape index (κ2) is 5.13. The van der Waals surface area contributed by atoms with E-state index in [1.807, 2.05) is 0 Å². The van der Waals surface area contributed by atoms with Crippen LogP contribution < -0.4 is 0 Å². The SMILES string of the molecule is CC(C)[Si](OCO)(C(C)C)C(C)C. The Kier molecular flexibility index (Phi) is 5.18. The molecule has 2 nitrogen and oxygen atoms in total. The van der Waals surface area contributed by atoms with Gasteiger partial charge in [0, 0.05) is 0 Å². The van der Waals surface area contributed by atoms with Gasteiger partial charge < -0.3 is 9.53 Å². The van der Waals surface area contributed by atoms with E-state index in [-0.39, 0.29) is 6.79 Å². The lowest BCUT2D eigenvalue weighted by molar-refractivity contribution is 0.0816. The van der Waals surface area contributed by atoms with Crippen molar-refractivity contribution in [3.05, 3.63) is 0 Å². The fourth-order valence-electron chi connectivity index (χ4n) is 2.61. The molecule has 0 fully saturated rings. The minimum absolute atomic E-state index is 0.124. The van der Waals surface area contributed by atoms with Gasteiger partial charge in [-0.2, -0.15) is 0 Å². The molecule has 0 bridgehead atoms. The van der Waals surface area contributed by atoms with E-state index in [1.54, 1.807) is 0 Å². The van der Waals surface area contributed by atoms with Gasteiger partial charge >= 0.3 is 0 Å². The van der Waals surface area contributed by atoms with Gasteiger partial charge in [-0.3, -0.25) is 0 Å². The van der Waals surface area contributed by atoms with Gasteiger partial charge in [0.2, 0.25) is 8.32 Å². The lowest BCUT2D eigenvalue weighted by Crippen LogP contribution is -2.47. The monoisotopic (exact) mass is 204 g/mol. The van der Waals surface area contributed by atoms with Crippen molar-refractivity contribution >= 4 is 8.32 Å². The Morgan fingerprint density at radius 3 is 1.31 bits per heavy atom. The van der Waals surface area contributed by atoms with Crippen molar-refractivity contribution in [3.63, 3.8) is 0 Å². The second-order valence-corrected chi connectivity index (χ2v) is 10.1. The molecular formula is C10H24O2Si. The van der Waals surface area contributed by atoms with Crippen molar-refractivity contribution in [1.29, 1.82) is 0 Å². The van der Waals surface area contributed by atoms with Gasteiger partial charge in [0.05, 0.1) is 0 Å². The second-order valence-electron chi connectivity index (χ2n) is 4.59. The zero-order valence-electron chi connectivity index (χ0n) is 9.79.